The lowest BCUT2D eigenvalue weighted by Crippen LogP contribution is -2.33. The SMILES string of the molecule is Cc1cccc(CN(C)CCNCC2CCCO2)n1. The molecule has 0 aromatic carbocycles. The smallest absolute Gasteiger partial charge is 0.0700 e. The van der Waals surface area contributed by atoms with Crippen LogP contribution in [0.3, 0.4) is 0 Å². The molecule has 0 amide bonds. The molecule has 1 saturated heterocycles. The molecule has 106 valence electrons. The van der Waals surface area contributed by atoms with Crippen molar-refractivity contribution in [3.8, 4) is 0 Å². The number of likely N-dealkylation sites (N-methyl/N-ethyl adjacent to an activating group) is 1. The molecule has 1 aromatic rings. The van der Waals surface area contributed by atoms with Gasteiger partial charge in [0.05, 0.1) is 11.8 Å². The summed E-state index contributed by atoms with van der Waals surface area (Å²) in [6.07, 6.45) is 2.85. The molecule has 0 spiro atoms. The molecular formula is C15H25N3O. The van der Waals surface area contributed by atoms with E-state index in [1.54, 1.807) is 0 Å². The molecule has 2 heterocycles. The summed E-state index contributed by atoms with van der Waals surface area (Å²) < 4.78 is 5.58. The van der Waals surface area contributed by atoms with Crippen LogP contribution in [-0.4, -0.2) is 49.3 Å². The second-order valence-electron chi connectivity index (χ2n) is 5.35. The number of nitrogens with one attached hydrogen (secondary N) is 1. The summed E-state index contributed by atoms with van der Waals surface area (Å²) in [5.74, 6) is 0. The maximum absolute atomic E-state index is 5.58. The lowest BCUT2D eigenvalue weighted by Gasteiger charge is -2.17. The fourth-order valence-corrected chi connectivity index (χ4v) is 2.38. The number of nitrogens with zero attached hydrogens (tertiary/aromatic N) is 2. The van der Waals surface area contributed by atoms with Gasteiger partial charge < -0.3 is 10.1 Å². The Kier molecular flexibility index (Phi) is 5.76. The lowest BCUT2D eigenvalue weighted by atomic mass is 10.2. The first-order valence-corrected chi connectivity index (χ1v) is 7.17. The molecule has 1 atom stereocenters. The van der Waals surface area contributed by atoms with Crippen LogP contribution < -0.4 is 5.32 Å². The monoisotopic (exact) mass is 263 g/mol. The molecule has 19 heavy (non-hydrogen) atoms. The maximum atomic E-state index is 5.58. The van der Waals surface area contributed by atoms with Crippen molar-refractivity contribution in [2.75, 3.05) is 33.3 Å². The third-order valence-corrected chi connectivity index (χ3v) is 3.44. The Bertz CT molecular complexity index is 377. The van der Waals surface area contributed by atoms with E-state index in [1.165, 1.54) is 12.8 Å². The van der Waals surface area contributed by atoms with Crippen LogP contribution in [0.4, 0.5) is 0 Å². The van der Waals surface area contributed by atoms with Gasteiger partial charge in [0.15, 0.2) is 0 Å². The molecule has 1 fully saturated rings. The van der Waals surface area contributed by atoms with Crippen LogP contribution in [0.2, 0.25) is 0 Å². The second-order valence-corrected chi connectivity index (χ2v) is 5.35. The van der Waals surface area contributed by atoms with Crippen LogP contribution in [-0.2, 0) is 11.3 Å². The van der Waals surface area contributed by atoms with Crippen LogP contribution in [0, 0.1) is 6.92 Å². The third kappa shape index (κ3) is 5.27. The Balaban J connectivity index is 1.60. The number of ether oxygens (including phenoxy) is 1. The minimum atomic E-state index is 0.434. The number of hydrogen-bond donors (Lipinski definition) is 1. The highest BCUT2D eigenvalue weighted by atomic mass is 16.5. The van der Waals surface area contributed by atoms with Gasteiger partial charge in [-0.05, 0) is 38.9 Å². The molecule has 0 bridgehead atoms. The van der Waals surface area contributed by atoms with E-state index in [-0.39, 0.29) is 0 Å². The number of aryl methyl sites for hydroxylation is 1. The van der Waals surface area contributed by atoms with Crippen LogP contribution in [0.25, 0.3) is 0 Å². The predicted molar refractivity (Wildman–Crippen MR) is 77.2 cm³/mol. The summed E-state index contributed by atoms with van der Waals surface area (Å²) >= 11 is 0. The Morgan fingerprint density at radius 1 is 1.47 bits per heavy atom. The highest BCUT2D eigenvalue weighted by molar-refractivity contribution is 5.09. The Morgan fingerprint density at radius 3 is 3.11 bits per heavy atom. The van der Waals surface area contributed by atoms with Crippen LogP contribution in [0.5, 0.6) is 0 Å². The molecule has 1 aromatic heterocycles. The average molecular weight is 263 g/mol. The first-order valence-electron chi connectivity index (χ1n) is 7.17. The summed E-state index contributed by atoms with van der Waals surface area (Å²) in [7, 11) is 2.14. The minimum Gasteiger partial charge on any atom is -0.377 e. The van der Waals surface area contributed by atoms with Crippen molar-refractivity contribution < 1.29 is 4.74 Å². The van der Waals surface area contributed by atoms with Crippen molar-refractivity contribution in [2.24, 2.45) is 0 Å². The summed E-state index contributed by atoms with van der Waals surface area (Å²) in [5, 5.41) is 3.47. The standard InChI is InChI=1S/C15H25N3O/c1-13-5-3-6-14(17-13)12-18(2)9-8-16-11-15-7-4-10-19-15/h3,5-6,15-16H,4,7-12H2,1-2H3. The molecule has 0 radical (unpaired) electrons. The largest absolute Gasteiger partial charge is 0.377 e. The van der Waals surface area contributed by atoms with E-state index in [0.717, 1.165) is 44.2 Å². The Labute approximate surface area is 116 Å². The molecule has 1 aliphatic heterocycles. The third-order valence-electron chi connectivity index (χ3n) is 3.44. The minimum absolute atomic E-state index is 0.434. The van der Waals surface area contributed by atoms with Crippen molar-refractivity contribution >= 4 is 0 Å². The topological polar surface area (TPSA) is 37.4 Å². The van der Waals surface area contributed by atoms with Gasteiger partial charge in [0.1, 0.15) is 0 Å². The van der Waals surface area contributed by atoms with Crippen molar-refractivity contribution in [2.45, 2.75) is 32.4 Å². The van der Waals surface area contributed by atoms with E-state index < -0.39 is 0 Å². The van der Waals surface area contributed by atoms with Gasteiger partial charge in [0.25, 0.3) is 0 Å². The zero-order chi connectivity index (χ0) is 13.5. The highest BCUT2D eigenvalue weighted by Gasteiger charge is 2.14. The average Bonchev–Trinajstić information content (AvgIpc) is 2.88. The van der Waals surface area contributed by atoms with E-state index >= 15 is 0 Å². The molecule has 0 aliphatic carbocycles. The molecule has 1 unspecified atom stereocenters. The first-order chi connectivity index (χ1) is 9.24. The van der Waals surface area contributed by atoms with Crippen molar-refractivity contribution in [3.05, 3.63) is 29.6 Å². The van der Waals surface area contributed by atoms with Crippen molar-refractivity contribution in [3.63, 3.8) is 0 Å². The molecule has 1 aliphatic rings. The quantitative estimate of drug-likeness (QED) is 0.758. The predicted octanol–water partition coefficient (Wildman–Crippen LogP) is 1.59. The molecular weight excluding hydrogens is 238 g/mol. The maximum Gasteiger partial charge on any atom is 0.0700 e. The van der Waals surface area contributed by atoms with E-state index in [4.69, 9.17) is 4.74 Å². The number of hydrogen-bond acceptors (Lipinski definition) is 4. The van der Waals surface area contributed by atoms with Crippen molar-refractivity contribution in [1.82, 2.24) is 15.2 Å². The van der Waals surface area contributed by atoms with E-state index in [1.807, 2.05) is 13.0 Å². The van der Waals surface area contributed by atoms with Crippen LogP contribution >= 0.6 is 0 Å². The molecule has 1 N–H and O–H groups in total. The molecule has 4 heteroatoms. The Hall–Kier alpha value is -0.970. The molecule has 0 saturated carbocycles. The number of pyridine rings is 1. The fourth-order valence-electron chi connectivity index (χ4n) is 2.38. The normalized spacial score (nSPS) is 19.2. The lowest BCUT2D eigenvalue weighted by molar-refractivity contribution is 0.109. The fraction of sp³-hybridized carbons (Fsp3) is 0.667. The second kappa shape index (κ2) is 7.58. The van der Waals surface area contributed by atoms with E-state index in [9.17, 15) is 0 Å². The number of rotatable bonds is 7. The molecule has 4 nitrogen and oxygen atoms in total. The summed E-state index contributed by atoms with van der Waals surface area (Å²) in [4.78, 5) is 6.82. The van der Waals surface area contributed by atoms with Gasteiger partial charge in [0, 0.05) is 38.5 Å². The highest BCUT2D eigenvalue weighted by Crippen LogP contribution is 2.10. The summed E-state index contributed by atoms with van der Waals surface area (Å²) in [5.41, 5.74) is 2.23. The van der Waals surface area contributed by atoms with Gasteiger partial charge in [-0.1, -0.05) is 6.07 Å². The summed E-state index contributed by atoms with van der Waals surface area (Å²) in [6.45, 7) is 6.89. The van der Waals surface area contributed by atoms with Crippen molar-refractivity contribution in [1.29, 1.82) is 0 Å². The van der Waals surface area contributed by atoms with Gasteiger partial charge in [-0.25, -0.2) is 0 Å². The number of aromatic nitrogens is 1. The van der Waals surface area contributed by atoms with Gasteiger partial charge in [-0.2, -0.15) is 0 Å². The summed E-state index contributed by atoms with van der Waals surface area (Å²) in [6, 6.07) is 6.19. The zero-order valence-corrected chi connectivity index (χ0v) is 12.1. The van der Waals surface area contributed by atoms with E-state index in [2.05, 4.69) is 34.4 Å². The zero-order valence-electron chi connectivity index (χ0n) is 12.1. The first kappa shape index (κ1) is 14.4. The van der Waals surface area contributed by atoms with Crippen LogP contribution in [0.15, 0.2) is 18.2 Å². The van der Waals surface area contributed by atoms with E-state index in [0.29, 0.717) is 6.10 Å². The van der Waals surface area contributed by atoms with Gasteiger partial charge in [0.2, 0.25) is 0 Å². The van der Waals surface area contributed by atoms with Gasteiger partial charge in [-0.3, -0.25) is 9.88 Å². The molecule has 2 rings (SSSR count). The van der Waals surface area contributed by atoms with Gasteiger partial charge >= 0.3 is 0 Å². The van der Waals surface area contributed by atoms with Gasteiger partial charge in [-0.15, -0.1) is 0 Å². The van der Waals surface area contributed by atoms with Crippen LogP contribution in [0.1, 0.15) is 24.2 Å². The Morgan fingerprint density at radius 2 is 2.37 bits per heavy atom.